The summed E-state index contributed by atoms with van der Waals surface area (Å²) in [6.07, 6.45) is 1.25. The van der Waals surface area contributed by atoms with Crippen LogP contribution in [0.2, 0.25) is 0 Å². The van der Waals surface area contributed by atoms with Crippen molar-refractivity contribution in [1.29, 1.82) is 5.26 Å². The van der Waals surface area contributed by atoms with Gasteiger partial charge in [0.2, 0.25) is 0 Å². The average molecular weight is 271 g/mol. The van der Waals surface area contributed by atoms with Crippen molar-refractivity contribution in [2.45, 2.75) is 6.61 Å². The summed E-state index contributed by atoms with van der Waals surface area (Å²) in [5.41, 5.74) is -0.171. The van der Waals surface area contributed by atoms with Gasteiger partial charge in [-0.1, -0.05) is 18.2 Å². The first-order valence-electron chi connectivity index (χ1n) is 5.57. The Labute approximate surface area is 113 Å². The number of para-hydroxylation sites is 1. The molecule has 1 aromatic carbocycles. The fourth-order valence-electron chi connectivity index (χ4n) is 1.61. The van der Waals surface area contributed by atoms with E-state index in [0.717, 1.165) is 0 Å². The van der Waals surface area contributed by atoms with Gasteiger partial charge in [0.25, 0.3) is 0 Å². The van der Waals surface area contributed by atoms with Crippen molar-refractivity contribution in [2.75, 3.05) is 0 Å². The second-order valence-corrected chi connectivity index (χ2v) is 3.75. The fourth-order valence-corrected chi connectivity index (χ4v) is 1.61. The number of ether oxygens (including phenoxy) is 1. The highest BCUT2D eigenvalue weighted by Gasteiger charge is 2.23. The number of pyridine rings is 1. The summed E-state index contributed by atoms with van der Waals surface area (Å²) in [6.45, 7) is -0.276. The van der Waals surface area contributed by atoms with Gasteiger partial charge in [0.05, 0.1) is 11.5 Å². The predicted octanol–water partition coefficient (Wildman–Crippen LogP) is 2.15. The zero-order valence-corrected chi connectivity index (χ0v) is 10.2. The van der Waals surface area contributed by atoms with E-state index < -0.39 is 10.6 Å². The van der Waals surface area contributed by atoms with Gasteiger partial charge in [-0.2, -0.15) is 5.26 Å². The van der Waals surface area contributed by atoms with Crippen LogP contribution in [0.1, 0.15) is 11.1 Å². The first kappa shape index (κ1) is 13.5. The molecule has 0 bridgehead atoms. The quantitative estimate of drug-likeness (QED) is 0.673. The average Bonchev–Trinajstić information content (AvgIpc) is 2.47. The maximum atomic E-state index is 11.0. The first-order chi connectivity index (χ1) is 9.67. The van der Waals surface area contributed by atoms with Gasteiger partial charge in [-0.3, -0.25) is 10.1 Å². The van der Waals surface area contributed by atoms with E-state index in [2.05, 4.69) is 4.98 Å². The minimum Gasteiger partial charge on any atom is -0.433 e. The van der Waals surface area contributed by atoms with Crippen LogP contribution >= 0.6 is 0 Å². The van der Waals surface area contributed by atoms with Gasteiger partial charge in [0.15, 0.2) is 0 Å². The normalized spacial score (nSPS) is 9.80. The number of hydrogen-bond donors (Lipinski definition) is 1. The molecule has 0 aliphatic rings. The van der Waals surface area contributed by atoms with Crippen LogP contribution in [0.4, 0.5) is 5.69 Å². The van der Waals surface area contributed by atoms with E-state index in [4.69, 9.17) is 10.00 Å². The molecule has 7 heteroatoms. The zero-order chi connectivity index (χ0) is 14.5. The molecule has 0 fully saturated rings. The molecular weight excluding hydrogens is 262 g/mol. The lowest BCUT2D eigenvalue weighted by Gasteiger charge is -2.08. The summed E-state index contributed by atoms with van der Waals surface area (Å²) in [4.78, 5) is 14.1. The van der Waals surface area contributed by atoms with Crippen LogP contribution in [0, 0.1) is 21.4 Å². The summed E-state index contributed by atoms with van der Waals surface area (Å²) >= 11 is 0. The Morgan fingerprint density at radius 1 is 1.40 bits per heavy atom. The number of nitrogens with zero attached hydrogens (tertiary/aromatic N) is 3. The van der Waals surface area contributed by atoms with Crippen LogP contribution in [-0.2, 0) is 6.61 Å². The van der Waals surface area contributed by atoms with Gasteiger partial charge in [-0.15, -0.1) is 0 Å². The third kappa shape index (κ3) is 2.55. The van der Waals surface area contributed by atoms with Gasteiger partial charge in [-0.05, 0) is 12.1 Å². The number of nitro groups is 1. The molecule has 0 radical (unpaired) electrons. The Morgan fingerprint density at radius 3 is 2.80 bits per heavy atom. The molecule has 0 amide bonds. The topological polar surface area (TPSA) is 109 Å². The smallest absolute Gasteiger partial charge is 0.348 e. The van der Waals surface area contributed by atoms with Crippen LogP contribution in [0.5, 0.6) is 11.6 Å². The molecule has 7 nitrogen and oxygen atoms in total. The molecule has 0 unspecified atom stereocenters. The third-order valence-corrected chi connectivity index (χ3v) is 2.54. The lowest BCUT2D eigenvalue weighted by Crippen LogP contribution is -2.00. The SMILES string of the molecule is N#Cc1ccnc(Oc2ccccc2CO)c1[N+](=O)[O-]. The monoisotopic (exact) mass is 271 g/mol. The summed E-state index contributed by atoms with van der Waals surface area (Å²) in [5, 5.41) is 29.1. The van der Waals surface area contributed by atoms with Crippen molar-refractivity contribution in [3.63, 3.8) is 0 Å². The molecule has 0 spiro atoms. The van der Waals surface area contributed by atoms with Gasteiger partial charge >= 0.3 is 11.6 Å². The highest BCUT2D eigenvalue weighted by Crippen LogP contribution is 2.33. The van der Waals surface area contributed by atoms with E-state index >= 15 is 0 Å². The molecule has 0 aliphatic carbocycles. The predicted molar refractivity (Wildman–Crippen MR) is 68.0 cm³/mol. The molecule has 100 valence electrons. The molecule has 2 aromatic rings. The number of hydrogen-bond acceptors (Lipinski definition) is 6. The molecule has 0 aliphatic heterocycles. The van der Waals surface area contributed by atoms with Gasteiger partial charge in [-0.25, -0.2) is 4.98 Å². The zero-order valence-electron chi connectivity index (χ0n) is 10.2. The molecule has 1 N–H and O–H groups in total. The van der Waals surface area contributed by atoms with Gasteiger partial charge in [0.1, 0.15) is 17.4 Å². The number of nitriles is 1. The van der Waals surface area contributed by atoms with E-state index in [1.807, 2.05) is 0 Å². The number of aromatic nitrogens is 1. The van der Waals surface area contributed by atoms with E-state index in [-0.39, 0.29) is 23.8 Å². The van der Waals surface area contributed by atoms with Crippen LogP contribution in [0.3, 0.4) is 0 Å². The Hall–Kier alpha value is -2.98. The lowest BCUT2D eigenvalue weighted by molar-refractivity contribution is -0.386. The highest BCUT2D eigenvalue weighted by molar-refractivity contribution is 5.55. The second kappa shape index (κ2) is 5.77. The van der Waals surface area contributed by atoms with Gasteiger partial charge in [0, 0.05) is 11.8 Å². The number of aliphatic hydroxyl groups excluding tert-OH is 1. The number of rotatable bonds is 4. The molecule has 1 aromatic heterocycles. The van der Waals surface area contributed by atoms with E-state index in [9.17, 15) is 15.2 Å². The molecule has 0 atom stereocenters. The summed E-state index contributed by atoms with van der Waals surface area (Å²) in [7, 11) is 0. The largest absolute Gasteiger partial charge is 0.433 e. The van der Waals surface area contributed by atoms with Crippen LogP contribution in [-0.4, -0.2) is 15.0 Å². The highest BCUT2D eigenvalue weighted by atomic mass is 16.6. The van der Waals surface area contributed by atoms with Crippen molar-refractivity contribution >= 4 is 5.69 Å². The van der Waals surface area contributed by atoms with Gasteiger partial charge < -0.3 is 9.84 Å². The van der Waals surface area contributed by atoms with Crippen LogP contribution in [0.15, 0.2) is 36.5 Å². The third-order valence-electron chi connectivity index (χ3n) is 2.54. The van der Waals surface area contributed by atoms with E-state index in [1.165, 1.54) is 12.3 Å². The Kier molecular flexibility index (Phi) is 3.88. The molecule has 0 saturated carbocycles. The second-order valence-electron chi connectivity index (χ2n) is 3.75. The molecule has 1 heterocycles. The van der Waals surface area contributed by atoms with Crippen molar-refractivity contribution in [2.24, 2.45) is 0 Å². The van der Waals surface area contributed by atoms with Crippen molar-refractivity contribution < 1.29 is 14.8 Å². The lowest BCUT2D eigenvalue weighted by atomic mass is 10.2. The van der Waals surface area contributed by atoms with Crippen LogP contribution < -0.4 is 4.74 Å². The fraction of sp³-hybridized carbons (Fsp3) is 0.0769. The van der Waals surface area contributed by atoms with Crippen molar-refractivity contribution in [1.82, 2.24) is 4.98 Å². The summed E-state index contributed by atoms with van der Waals surface area (Å²) in [5.74, 6) is -0.0318. The minimum atomic E-state index is -0.720. The Bertz CT molecular complexity index is 694. The van der Waals surface area contributed by atoms with Crippen molar-refractivity contribution in [3.8, 4) is 17.7 Å². The number of benzene rings is 1. The van der Waals surface area contributed by atoms with Crippen LogP contribution in [0.25, 0.3) is 0 Å². The minimum absolute atomic E-state index is 0.138. The number of aliphatic hydroxyl groups is 1. The summed E-state index contributed by atoms with van der Waals surface area (Å²) in [6, 6.07) is 9.49. The molecule has 20 heavy (non-hydrogen) atoms. The standard InChI is InChI=1S/C13H9N3O4/c14-7-9-5-6-15-13(12(9)16(18)19)20-11-4-2-1-3-10(11)8-17/h1-6,17H,8H2. The molecule has 0 saturated heterocycles. The first-order valence-corrected chi connectivity index (χ1v) is 5.57. The maximum Gasteiger partial charge on any atom is 0.348 e. The summed E-state index contributed by atoms with van der Waals surface area (Å²) < 4.78 is 5.37. The Morgan fingerprint density at radius 2 is 2.15 bits per heavy atom. The molecule has 2 rings (SSSR count). The maximum absolute atomic E-state index is 11.0. The van der Waals surface area contributed by atoms with E-state index in [0.29, 0.717) is 5.56 Å². The molecular formula is C13H9N3O4. The van der Waals surface area contributed by atoms with E-state index in [1.54, 1.807) is 30.3 Å². The Balaban J connectivity index is 2.49. The van der Waals surface area contributed by atoms with Crippen molar-refractivity contribution in [3.05, 3.63) is 57.8 Å².